The van der Waals surface area contributed by atoms with Crippen molar-refractivity contribution in [3.05, 3.63) is 35.1 Å². The average molecular weight is 287 g/mol. The van der Waals surface area contributed by atoms with Gasteiger partial charge in [-0.1, -0.05) is 6.07 Å². The zero-order chi connectivity index (χ0) is 13.9. The third kappa shape index (κ3) is 4.26. The summed E-state index contributed by atoms with van der Waals surface area (Å²) in [6, 6.07) is 4.19. The first-order chi connectivity index (χ1) is 8.98. The molecule has 0 radical (unpaired) electrons. The van der Waals surface area contributed by atoms with Crippen LogP contribution < -0.4 is 5.73 Å². The van der Waals surface area contributed by atoms with E-state index >= 15 is 0 Å². The van der Waals surface area contributed by atoms with Gasteiger partial charge in [-0.05, 0) is 36.1 Å². The summed E-state index contributed by atoms with van der Waals surface area (Å²) >= 11 is 0. The van der Waals surface area contributed by atoms with E-state index in [1.165, 1.54) is 12.1 Å². The molecule has 2 N–H and O–H groups in total. The van der Waals surface area contributed by atoms with Gasteiger partial charge in [-0.25, -0.2) is 12.8 Å². The van der Waals surface area contributed by atoms with Crippen LogP contribution in [0.4, 0.5) is 4.39 Å². The molecule has 19 heavy (non-hydrogen) atoms. The molecule has 6 heteroatoms. The second-order valence-corrected chi connectivity index (χ2v) is 6.97. The van der Waals surface area contributed by atoms with Crippen LogP contribution in [0.15, 0.2) is 18.2 Å². The lowest BCUT2D eigenvalue weighted by molar-refractivity contribution is 0.127. The Morgan fingerprint density at radius 1 is 1.32 bits per heavy atom. The van der Waals surface area contributed by atoms with Gasteiger partial charge < -0.3 is 10.5 Å². The van der Waals surface area contributed by atoms with Crippen LogP contribution in [-0.4, -0.2) is 26.9 Å². The minimum absolute atomic E-state index is 0.00146. The molecular weight excluding hydrogens is 269 g/mol. The number of nitrogens with two attached hydrogens (primary N) is 1. The highest BCUT2D eigenvalue weighted by molar-refractivity contribution is 7.90. The SMILES string of the molecule is NCc1cc(F)cc(CS(=O)(=O)CC2CCCO2)c1. The summed E-state index contributed by atoms with van der Waals surface area (Å²) in [6.07, 6.45) is 1.46. The van der Waals surface area contributed by atoms with Gasteiger partial charge in [0.2, 0.25) is 0 Å². The number of ether oxygens (including phenoxy) is 1. The van der Waals surface area contributed by atoms with E-state index in [1.54, 1.807) is 6.07 Å². The molecule has 0 bridgehead atoms. The third-order valence-electron chi connectivity index (χ3n) is 3.10. The van der Waals surface area contributed by atoms with Gasteiger partial charge in [-0.2, -0.15) is 0 Å². The molecule has 1 aromatic rings. The molecule has 0 saturated carbocycles. The molecule has 1 aliphatic rings. The minimum atomic E-state index is -3.29. The van der Waals surface area contributed by atoms with E-state index in [1.807, 2.05) is 0 Å². The molecule has 1 saturated heterocycles. The summed E-state index contributed by atoms with van der Waals surface area (Å²) in [4.78, 5) is 0. The quantitative estimate of drug-likeness (QED) is 0.888. The van der Waals surface area contributed by atoms with Crippen molar-refractivity contribution in [3.8, 4) is 0 Å². The lowest BCUT2D eigenvalue weighted by atomic mass is 10.1. The number of hydrogen-bond acceptors (Lipinski definition) is 4. The van der Waals surface area contributed by atoms with Gasteiger partial charge in [0, 0.05) is 13.2 Å². The maximum absolute atomic E-state index is 13.3. The highest BCUT2D eigenvalue weighted by Gasteiger charge is 2.23. The maximum atomic E-state index is 13.3. The van der Waals surface area contributed by atoms with E-state index in [0.717, 1.165) is 12.8 Å². The Morgan fingerprint density at radius 3 is 2.68 bits per heavy atom. The predicted molar refractivity (Wildman–Crippen MR) is 70.8 cm³/mol. The fourth-order valence-electron chi connectivity index (χ4n) is 2.29. The first kappa shape index (κ1) is 14.4. The molecule has 0 aromatic heterocycles. The Labute approximate surface area is 112 Å². The largest absolute Gasteiger partial charge is 0.377 e. The summed E-state index contributed by atoms with van der Waals surface area (Å²) < 4.78 is 42.7. The second kappa shape index (κ2) is 5.98. The Bertz CT molecular complexity index is 539. The summed E-state index contributed by atoms with van der Waals surface area (Å²) in [6.45, 7) is 0.814. The minimum Gasteiger partial charge on any atom is -0.377 e. The topological polar surface area (TPSA) is 69.4 Å². The fraction of sp³-hybridized carbons (Fsp3) is 0.538. The van der Waals surface area contributed by atoms with Crippen LogP contribution in [0.25, 0.3) is 0 Å². The van der Waals surface area contributed by atoms with Gasteiger partial charge in [-0.15, -0.1) is 0 Å². The van der Waals surface area contributed by atoms with Gasteiger partial charge in [0.1, 0.15) is 5.82 Å². The molecule has 1 aromatic carbocycles. The van der Waals surface area contributed by atoms with Gasteiger partial charge in [-0.3, -0.25) is 0 Å². The van der Waals surface area contributed by atoms with Gasteiger partial charge in [0.25, 0.3) is 0 Å². The van der Waals surface area contributed by atoms with Crippen molar-refractivity contribution < 1.29 is 17.5 Å². The number of rotatable bonds is 5. The molecule has 1 fully saturated rings. The van der Waals surface area contributed by atoms with E-state index in [0.29, 0.717) is 17.7 Å². The highest BCUT2D eigenvalue weighted by Crippen LogP contribution is 2.18. The molecule has 4 nitrogen and oxygen atoms in total. The van der Waals surface area contributed by atoms with E-state index in [2.05, 4.69) is 0 Å². The zero-order valence-electron chi connectivity index (χ0n) is 10.6. The molecular formula is C13H18FNO3S. The number of sulfone groups is 1. The van der Waals surface area contributed by atoms with Crippen LogP contribution in [-0.2, 0) is 26.9 Å². The Kier molecular flexibility index (Phi) is 4.54. The van der Waals surface area contributed by atoms with Crippen molar-refractivity contribution in [3.63, 3.8) is 0 Å². The first-order valence-electron chi connectivity index (χ1n) is 6.29. The predicted octanol–water partition coefficient (Wildman–Crippen LogP) is 1.38. The number of hydrogen-bond donors (Lipinski definition) is 1. The van der Waals surface area contributed by atoms with Crippen molar-refractivity contribution in [2.75, 3.05) is 12.4 Å². The number of benzene rings is 1. The number of halogens is 1. The molecule has 0 aliphatic carbocycles. The second-order valence-electron chi connectivity index (χ2n) is 4.86. The van der Waals surface area contributed by atoms with Crippen molar-refractivity contribution in [1.82, 2.24) is 0 Å². The van der Waals surface area contributed by atoms with Gasteiger partial charge in [0.05, 0.1) is 17.6 Å². The average Bonchev–Trinajstić information content (AvgIpc) is 2.79. The lowest BCUT2D eigenvalue weighted by Gasteiger charge is -2.11. The maximum Gasteiger partial charge on any atom is 0.156 e. The normalized spacial score (nSPS) is 19.8. The van der Waals surface area contributed by atoms with Crippen molar-refractivity contribution in [1.29, 1.82) is 0 Å². The molecule has 106 valence electrons. The van der Waals surface area contributed by atoms with Crippen LogP contribution >= 0.6 is 0 Å². The first-order valence-corrected chi connectivity index (χ1v) is 8.11. The lowest BCUT2D eigenvalue weighted by Crippen LogP contribution is -2.21. The summed E-state index contributed by atoms with van der Waals surface area (Å²) in [5.41, 5.74) is 6.49. The molecule has 0 amide bonds. The summed E-state index contributed by atoms with van der Waals surface area (Å²) in [5, 5.41) is 0. The standard InChI is InChI=1S/C13H18FNO3S/c14-12-5-10(7-15)4-11(6-12)8-19(16,17)9-13-2-1-3-18-13/h4-6,13H,1-3,7-9,15H2. The van der Waals surface area contributed by atoms with Crippen LogP contribution in [0.3, 0.4) is 0 Å². The van der Waals surface area contributed by atoms with Crippen LogP contribution in [0, 0.1) is 5.82 Å². The van der Waals surface area contributed by atoms with E-state index in [4.69, 9.17) is 10.5 Å². The van der Waals surface area contributed by atoms with E-state index < -0.39 is 15.7 Å². The Hall–Kier alpha value is -0.980. The molecule has 1 atom stereocenters. The Morgan fingerprint density at radius 2 is 2.05 bits per heavy atom. The molecule has 0 spiro atoms. The zero-order valence-corrected chi connectivity index (χ0v) is 11.5. The molecule has 1 heterocycles. The highest BCUT2D eigenvalue weighted by atomic mass is 32.2. The van der Waals surface area contributed by atoms with E-state index in [9.17, 15) is 12.8 Å². The molecule has 1 aliphatic heterocycles. The van der Waals surface area contributed by atoms with Crippen molar-refractivity contribution in [2.45, 2.75) is 31.2 Å². The van der Waals surface area contributed by atoms with Gasteiger partial charge in [0.15, 0.2) is 9.84 Å². The fourth-order valence-corrected chi connectivity index (χ4v) is 3.91. The molecule has 1 unspecified atom stereocenters. The van der Waals surface area contributed by atoms with Crippen LogP contribution in [0.2, 0.25) is 0 Å². The van der Waals surface area contributed by atoms with Crippen LogP contribution in [0.1, 0.15) is 24.0 Å². The smallest absolute Gasteiger partial charge is 0.156 e. The third-order valence-corrected chi connectivity index (χ3v) is 4.76. The summed E-state index contributed by atoms with van der Waals surface area (Å²) in [5.74, 6) is -0.621. The van der Waals surface area contributed by atoms with Gasteiger partial charge >= 0.3 is 0 Å². The monoisotopic (exact) mass is 287 g/mol. The molecule has 2 rings (SSSR count). The van der Waals surface area contributed by atoms with E-state index in [-0.39, 0.29) is 24.2 Å². The summed E-state index contributed by atoms with van der Waals surface area (Å²) in [7, 11) is -3.29. The Balaban J connectivity index is 2.08. The van der Waals surface area contributed by atoms with Crippen LogP contribution in [0.5, 0.6) is 0 Å². The van der Waals surface area contributed by atoms with Crippen molar-refractivity contribution in [2.24, 2.45) is 5.73 Å². The van der Waals surface area contributed by atoms with Crippen molar-refractivity contribution >= 4 is 9.84 Å².